The van der Waals surface area contributed by atoms with E-state index in [0.29, 0.717) is 24.0 Å². The molecule has 0 unspecified atom stereocenters. The van der Waals surface area contributed by atoms with Gasteiger partial charge in [-0.25, -0.2) is 0 Å². The van der Waals surface area contributed by atoms with Gasteiger partial charge in [0, 0.05) is 12.4 Å². The van der Waals surface area contributed by atoms with E-state index >= 15 is 0 Å². The molecule has 2 aromatic carbocycles. The maximum atomic E-state index is 5.16. The molecule has 0 saturated carbocycles. The number of pyridine rings is 1. The summed E-state index contributed by atoms with van der Waals surface area (Å²) in [6.07, 6.45) is 3.60. The number of fused-ring (bicyclic) bond motifs is 1. The van der Waals surface area contributed by atoms with Crippen LogP contribution in [0.2, 0.25) is 0 Å². The summed E-state index contributed by atoms with van der Waals surface area (Å²) in [7, 11) is 4.81. The molecule has 1 aliphatic rings. The van der Waals surface area contributed by atoms with Crippen molar-refractivity contribution in [3.8, 4) is 28.7 Å². The number of aromatic nitrogens is 1. The fourth-order valence-electron chi connectivity index (χ4n) is 2.66. The molecule has 3 aromatic rings. The molecule has 6 nitrogen and oxygen atoms in total. The molecule has 0 N–H and O–H groups in total. The van der Waals surface area contributed by atoms with Gasteiger partial charge in [-0.2, -0.15) is 0 Å². The van der Waals surface area contributed by atoms with Crippen LogP contribution >= 0.6 is 0 Å². The summed E-state index contributed by atoms with van der Waals surface area (Å²) in [4.78, 5) is 3.88. The summed E-state index contributed by atoms with van der Waals surface area (Å²) in [6, 6.07) is 13.7. The number of aryl methyl sites for hydroxylation is 3. The van der Waals surface area contributed by atoms with Crippen LogP contribution in [0.15, 0.2) is 54.9 Å². The smallest absolute Gasteiger partial charge is 0.231 e. The number of nitrogens with zero attached hydrogens (tertiary/aromatic N) is 1. The highest BCUT2D eigenvalue weighted by atomic mass is 16.7. The van der Waals surface area contributed by atoms with Crippen LogP contribution in [0, 0.1) is 20.8 Å². The molecular weight excluding hydrogens is 382 g/mol. The normalized spacial score (nSPS) is 10.7. The molecule has 0 amide bonds. The Morgan fingerprint density at radius 1 is 0.733 bits per heavy atom. The predicted octanol–water partition coefficient (Wildman–Crippen LogP) is 5.13. The maximum Gasteiger partial charge on any atom is 0.231 e. The first-order valence-electron chi connectivity index (χ1n) is 9.48. The van der Waals surface area contributed by atoms with Crippen molar-refractivity contribution in [3.05, 3.63) is 71.5 Å². The molecule has 0 atom stereocenters. The minimum absolute atomic E-state index is 0.360. The van der Waals surface area contributed by atoms with Crippen molar-refractivity contribution < 1.29 is 23.7 Å². The van der Waals surface area contributed by atoms with Gasteiger partial charge in [-0.15, -0.1) is 0 Å². The number of hydrogen-bond acceptors (Lipinski definition) is 6. The van der Waals surface area contributed by atoms with Crippen LogP contribution in [0.1, 0.15) is 16.7 Å². The molecular formula is C24H29NO5. The lowest BCUT2D eigenvalue weighted by molar-refractivity contribution is 0.174. The third-order valence-electron chi connectivity index (χ3n) is 4.15. The lowest BCUT2D eigenvalue weighted by Crippen LogP contribution is -1.95. The van der Waals surface area contributed by atoms with E-state index in [9.17, 15) is 0 Å². The van der Waals surface area contributed by atoms with Gasteiger partial charge in [-0.3, -0.25) is 4.98 Å². The van der Waals surface area contributed by atoms with Crippen molar-refractivity contribution in [1.82, 2.24) is 4.98 Å². The van der Waals surface area contributed by atoms with Crippen molar-refractivity contribution in [3.63, 3.8) is 0 Å². The van der Waals surface area contributed by atoms with Gasteiger partial charge in [0.1, 0.15) is 0 Å². The van der Waals surface area contributed by atoms with Gasteiger partial charge in [-0.05, 0) is 67.8 Å². The zero-order valence-electron chi connectivity index (χ0n) is 18.4. The summed E-state index contributed by atoms with van der Waals surface area (Å²) in [5.41, 5.74) is 3.49. The van der Waals surface area contributed by atoms with Gasteiger partial charge in [0.2, 0.25) is 12.5 Å². The summed E-state index contributed by atoms with van der Waals surface area (Å²) in [5.74, 6) is 3.74. The van der Waals surface area contributed by atoms with Crippen LogP contribution in [-0.2, 0) is 0 Å². The molecule has 160 valence electrons. The highest BCUT2D eigenvalue weighted by Gasteiger charge is 2.11. The monoisotopic (exact) mass is 411 g/mol. The first kappa shape index (κ1) is 22.9. The quantitative estimate of drug-likeness (QED) is 0.595. The van der Waals surface area contributed by atoms with Gasteiger partial charge >= 0.3 is 0 Å². The second-order valence-electron chi connectivity index (χ2n) is 6.59. The zero-order valence-corrected chi connectivity index (χ0v) is 18.4. The fraction of sp³-hybridized carbons (Fsp3) is 0.292. The second kappa shape index (κ2) is 11.6. The topological polar surface area (TPSA) is 59.0 Å². The number of rotatable bonds is 3. The minimum Gasteiger partial charge on any atom is -0.493 e. The van der Waals surface area contributed by atoms with Crippen molar-refractivity contribution in [2.45, 2.75) is 20.8 Å². The molecule has 0 saturated heterocycles. The van der Waals surface area contributed by atoms with E-state index < -0.39 is 0 Å². The van der Waals surface area contributed by atoms with Crippen molar-refractivity contribution in [2.24, 2.45) is 0 Å². The molecule has 4 rings (SSSR count). The predicted molar refractivity (Wildman–Crippen MR) is 117 cm³/mol. The maximum absolute atomic E-state index is 5.16. The number of methoxy groups -OCH3 is 3. The number of benzene rings is 2. The third-order valence-corrected chi connectivity index (χ3v) is 4.15. The molecule has 0 aliphatic carbocycles. The Balaban J connectivity index is 0.000000167. The number of hydrogen-bond donors (Lipinski definition) is 0. The van der Waals surface area contributed by atoms with Gasteiger partial charge in [0.25, 0.3) is 0 Å². The molecule has 30 heavy (non-hydrogen) atoms. The average molecular weight is 411 g/mol. The number of ether oxygens (including phenoxy) is 5. The Morgan fingerprint density at radius 2 is 1.40 bits per heavy atom. The second-order valence-corrected chi connectivity index (χ2v) is 6.59. The standard InChI is InChI=1S/C10H14O3.C8H8O2.C6H7N/c1-7-5-8(11-2)10(13-4)9(6-7)12-3;1-6-2-3-7-8(4-6)10-5-9-7;1-6-3-2-4-7-5-6/h5-6H,1-4H3;2-4H,5H2,1H3;2-5H,1H3. The lowest BCUT2D eigenvalue weighted by atomic mass is 10.2. The first-order chi connectivity index (χ1) is 14.5. The van der Waals surface area contributed by atoms with E-state index in [1.54, 1.807) is 27.5 Å². The summed E-state index contributed by atoms with van der Waals surface area (Å²) < 4.78 is 25.8. The molecule has 0 bridgehead atoms. The fourth-order valence-corrected chi connectivity index (χ4v) is 2.66. The Morgan fingerprint density at radius 3 is 1.90 bits per heavy atom. The Kier molecular flexibility index (Phi) is 8.81. The van der Waals surface area contributed by atoms with E-state index in [1.807, 2.05) is 69.4 Å². The van der Waals surface area contributed by atoms with Crippen molar-refractivity contribution in [2.75, 3.05) is 28.1 Å². The van der Waals surface area contributed by atoms with Crippen molar-refractivity contribution >= 4 is 0 Å². The van der Waals surface area contributed by atoms with Gasteiger partial charge in [0.05, 0.1) is 21.3 Å². The molecule has 0 fully saturated rings. The van der Waals surface area contributed by atoms with Crippen LogP contribution < -0.4 is 23.7 Å². The molecule has 6 heteroatoms. The van der Waals surface area contributed by atoms with Gasteiger partial charge < -0.3 is 23.7 Å². The minimum atomic E-state index is 0.360. The Bertz CT molecular complexity index is 903. The van der Waals surface area contributed by atoms with Crippen molar-refractivity contribution in [1.29, 1.82) is 0 Å². The largest absolute Gasteiger partial charge is 0.493 e. The van der Waals surface area contributed by atoms with Crippen LogP contribution in [0.5, 0.6) is 28.7 Å². The van der Waals surface area contributed by atoms with Crippen LogP contribution in [0.25, 0.3) is 0 Å². The average Bonchev–Trinajstić information content (AvgIpc) is 3.22. The summed E-state index contributed by atoms with van der Waals surface area (Å²) in [6.45, 7) is 6.39. The third kappa shape index (κ3) is 6.58. The first-order valence-corrected chi connectivity index (χ1v) is 9.48. The lowest BCUT2D eigenvalue weighted by Gasteiger charge is -2.12. The molecule has 0 radical (unpaired) electrons. The van der Waals surface area contributed by atoms with Gasteiger partial charge in [0.15, 0.2) is 23.0 Å². The summed E-state index contributed by atoms with van der Waals surface area (Å²) >= 11 is 0. The Labute approximate surface area is 178 Å². The van der Waals surface area contributed by atoms with Crippen LogP contribution in [0.4, 0.5) is 0 Å². The molecule has 0 spiro atoms. The van der Waals surface area contributed by atoms with Crippen LogP contribution in [0.3, 0.4) is 0 Å². The van der Waals surface area contributed by atoms with E-state index in [1.165, 1.54) is 11.1 Å². The van der Waals surface area contributed by atoms with E-state index in [-0.39, 0.29) is 0 Å². The molecule has 2 heterocycles. The molecule has 1 aromatic heterocycles. The summed E-state index contributed by atoms with van der Waals surface area (Å²) in [5, 5.41) is 0. The SMILES string of the molecule is COc1cc(C)cc(OC)c1OC.Cc1ccc2c(c1)OCO2.Cc1cccnc1. The molecule has 1 aliphatic heterocycles. The zero-order chi connectivity index (χ0) is 21.9. The van der Waals surface area contributed by atoms with Gasteiger partial charge in [-0.1, -0.05) is 12.1 Å². The highest BCUT2D eigenvalue weighted by Crippen LogP contribution is 2.37. The van der Waals surface area contributed by atoms with Crippen LogP contribution in [-0.4, -0.2) is 33.1 Å². The van der Waals surface area contributed by atoms with E-state index in [0.717, 1.165) is 17.1 Å². The van der Waals surface area contributed by atoms with E-state index in [4.69, 9.17) is 23.7 Å². The van der Waals surface area contributed by atoms with E-state index in [2.05, 4.69) is 4.98 Å². The Hall–Kier alpha value is -3.41. The highest BCUT2D eigenvalue weighted by molar-refractivity contribution is 5.53.